The fourth-order valence-corrected chi connectivity index (χ4v) is 1.83. The summed E-state index contributed by atoms with van der Waals surface area (Å²) in [6, 6.07) is 4.55. The molecule has 0 aromatic heterocycles. The molecule has 0 atom stereocenters. The lowest BCUT2D eigenvalue weighted by atomic mass is 10.3. The number of nitrogens with zero attached hydrogens (tertiary/aromatic N) is 1. The molecule has 1 aliphatic rings. The van der Waals surface area contributed by atoms with Gasteiger partial charge in [-0.3, -0.25) is 14.9 Å². The van der Waals surface area contributed by atoms with Gasteiger partial charge in [0.1, 0.15) is 0 Å². The van der Waals surface area contributed by atoms with E-state index < -0.39 is 11.8 Å². The molecule has 1 fully saturated rings. The van der Waals surface area contributed by atoms with E-state index in [0.29, 0.717) is 10.7 Å². The molecule has 0 radical (unpaired) electrons. The van der Waals surface area contributed by atoms with Crippen LogP contribution in [0.3, 0.4) is 0 Å². The van der Waals surface area contributed by atoms with E-state index in [1.54, 1.807) is 6.07 Å². The summed E-state index contributed by atoms with van der Waals surface area (Å²) in [5.74, 6) is -1.49. The van der Waals surface area contributed by atoms with E-state index >= 15 is 0 Å². The smallest absolute Gasteiger partial charge is 0.294 e. The summed E-state index contributed by atoms with van der Waals surface area (Å²) in [5.41, 5.74) is 0.405. The first-order valence-electron chi connectivity index (χ1n) is 4.15. The van der Waals surface area contributed by atoms with Crippen LogP contribution in [0.4, 0.5) is 5.69 Å². The van der Waals surface area contributed by atoms with Crippen LogP contribution in [0.25, 0.3) is 0 Å². The highest BCUT2D eigenvalue weighted by Gasteiger charge is 2.35. The highest BCUT2D eigenvalue weighted by molar-refractivity contribution is 7.80. The second-order valence-electron chi connectivity index (χ2n) is 3.00. The quantitative estimate of drug-likeness (QED) is 0.627. The standard InChI is InChI=1S/C9H4Cl2N2O2S/c10-5-2-1-4(3-6(5)11)13-8(15)7(14)12-9(13)16/h1-3H,(H,12,14,16). The third-order valence-electron chi connectivity index (χ3n) is 1.98. The highest BCUT2D eigenvalue weighted by Crippen LogP contribution is 2.28. The molecule has 0 aliphatic carbocycles. The number of hydrogen-bond acceptors (Lipinski definition) is 3. The highest BCUT2D eigenvalue weighted by atomic mass is 35.5. The van der Waals surface area contributed by atoms with E-state index in [4.69, 9.17) is 35.4 Å². The molecule has 2 amide bonds. The molecule has 2 rings (SSSR count). The second-order valence-corrected chi connectivity index (χ2v) is 4.20. The van der Waals surface area contributed by atoms with Crippen LogP contribution in [0.1, 0.15) is 0 Å². The molecule has 0 bridgehead atoms. The number of hydrogen-bond donors (Lipinski definition) is 1. The van der Waals surface area contributed by atoms with Crippen molar-refractivity contribution in [2.45, 2.75) is 0 Å². The van der Waals surface area contributed by atoms with Gasteiger partial charge in [0.05, 0.1) is 15.7 Å². The topological polar surface area (TPSA) is 49.4 Å². The first kappa shape index (κ1) is 11.3. The number of carbonyl (C=O) groups excluding carboxylic acids is 2. The average Bonchev–Trinajstić information content (AvgIpc) is 2.47. The maximum Gasteiger partial charge on any atom is 0.323 e. The Bertz CT molecular complexity index is 518. The SMILES string of the molecule is O=C1NC(=S)N(c2ccc(Cl)c(Cl)c2)C1=O. The first-order chi connectivity index (χ1) is 7.50. The van der Waals surface area contributed by atoms with E-state index in [1.807, 2.05) is 0 Å². The number of halogens is 2. The zero-order valence-corrected chi connectivity index (χ0v) is 9.99. The fourth-order valence-electron chi connectivity index (χ4n) is 1.26. The van der Waals surface area contributed by atoms with Crippen molar-refractivity contribution in [3.63, 3.8) is 0 Å². The molecular weight excluding hydrogens is 271 g/mol. The third kappa shape index (κ3) is 1.77. The molecule has 1 aliphatic heterocycles. The molecule has 1 N–H and O–H groups in total. The molecular formula is C9H4Cl2N2O2S. The van der Waals surface area contributed by atoms with Crippen LogP contribution in [0, 0.1) is 0 Å². The summed E-state index contributed by atoms with van der Waals surface area (Å²) in [4.78, 5) is 23.6. The minimum absolute atomic E-state index is 0.0355. The zero-order valence-electron chi connectivity index (χ0n) is 7.66. The number of anilines is 1. The van der Waals surface area contributed by atoms with Crippen LogP contribution in [-0.2, 0) is 9.59 Å². The van der Waals surface area contributed by atoms with Gasteiger partial charge in [0, 0.05) is 0 Å². The number of thiocarbonyl (C=S) groups is 1. The van der Waals surface area contributed by atoms with Crippen LogP contribution >= 0.6 is 35.4 Å². The van der Waals surface area contributed by atoms with Crippen LogP contribution < -0.4 is 10.2 Å². The van der Waals surface area contributed by atoms with Crippen molar-refractivity contribution in [3.8, 4) is 0 Å². The van der Waals surface area contributed by atoms with Gasteiger partial charge in [0.15, 0.2) is 5.11 Å². The second kappa shape index (κ2) is 4.01. The molecule has 16 heavy (non-hydrogen) atoms. The van der Waals surface area contributed by atoms with Crippen molar-refractivity contribution in [1.29, 1.82) is 0 Å². The van der Waals surface area contributed by atoms with E-state index in [9.17, 15) is 9.59 Å². The molecule has 7 heteroatoms. The Hall–Kier alpha value is -1.17. The van der Waals surface area contributed by atoms with E-state index in [-0.39, 0.29) is 10.1 Å². The van der Waals surface area contributed by atoms with Crippen LogP contribution in [0.2, 0.25) is 10.0 Å². The van der Waals surface area contributed by atoms with Gasteiger partial charge in [-0.05, 0) is 30.4 Å². The molecule has 1 aromatic carbocycles. The predicted octanol–water partition coefficient (Wildman–Crippen LogP) is 1.74. The summed E-state index contributed by atoms with van der Waals surface area (Å²) in [6.45, 7) is 0. The molecule has 0 saturated carbocycles. The van der Waals surface area contributed by atoms with Gasteiger partial charge in [-0.25, -0.2) is 4.90 Å². The lowest BCUT2D eigenvalue weighted by Gasteiger charge is -2.13. The van der Waals surface area contributed by atoms with Crippen LogP contribution in [0.5, 0.6) is 0 Å². The van der Waals surface area contributed by atoms with Crippen LogP contribution in [0.15, 0.2) is 18.2 Å². The summed E-state index contributed by atoms with van der Waals surface area (Å²) >= 11 is 16.4. The third-order valence-corrected chi connectivity index (χ3v) is 3.01. The van der Waals surface area contributed by atoms with Crippen molar-refractivity contribution in [1.82, 2.24) is 5.32 Å². The number of amides is 2. The summed E-state index contributed by atoms with van der Waals surface area (Å²) in [7, 11) is 0. The van der Waals surface area contributed by atoms with Gasteiger partial charge in [-0.2, -0.15) is 0 Å². The van der Waals surface area contributed by atoms with Gasteiger partial charge in [0.25, 0.3) is 0 Å². The maximum absolute atomic E-state index is 11.5. The lowest BCUT2D eigenvalue weighted by molar-refractivity contribution is -0.134. The minimum atomic E-state index is -0.754. The van der Waals surface area contributed by atoms with E-state index in [2.05, 4.69) is 5.32 Å². The van der Waals surface area contributed by atoms with Gasteiger partial charge in [-0.15, -0.1) is 0 Å². The largest absolute Gasteiger partial charge is 0.323 e. The van der Waals surface area contributed by atoms with Crippen molar-refractivity contribution in [2.24, 2.45) is 0 Å². The average molecular weight is 275 g/mol. The number of benzene rings is 1. The Morgan fingerprint density at radius 3 is 2.38 bits per heavy atom. The van der Waals surface area contributed by atoms with Crippen molar-refractivity contribution in [2.75, 3.05) is 4.90 Å². The van der Waals surface area contributed by atoms with Gasteiger partial charge in [-0.1, -0.05) is 23.2 Å². The summed E-state index contributed by atoms with van der Waals surface area (Å²) in [6.07, 6.45) is 0. The number of nitrogens with one attached hydrogen (secondary N) is 1. The van der Waals surface area contributed by atoms with E-state index in [1.165, 1.54) is 12.1 Å². The Morgan fingerprint density at radius 2 is 1.88 bits per heavy atom. The predicted molar refractivity (Wildman–Crippen MR) is 64.7 cm³/mol. The monoisotopic (exact) mass is 274 g/mol. The van der Waals surface area contributed by atoms with Crippen molar-refractivity contribution < 1.29 is 9.59 Å². The van der Waals surface area contributed by atoms with Crippen molar-refractivity contribution in [3.05, 3.63) is 28.2 Å². The van der Waals surface area contributed by atoms with Crippen LogP contribution in [-0.4, -0.2) is 16.9 Å². The van der Waals surface area contributed by atoms with Gasteiger partial charge >= 0.3 is 11.8 Å². The molecule has 4 nitrogen and oxygen atoms in total. The Balaban J connectivity index is 2.45. The normalized spacial score (nSPS) is 15.6. The lowest BCUT2D eigenvalue weighted by Crippen LogP contribution is -2.30. The minimum Gasteiger partial charge on any atom is -0.294 e. The zero-order chi connectivity index (χ0) is 11.9. The fraction of sp³-hybridized carbons (Fsp3) is 0. The molecule has 1 heterocycles. The molecule has 0 unspecified atom stereocenters. The summed E-state index contributed by atoms with van der Waals surface area (Å²) < 4.78 is 0. The Kier molecular flexibility index (Phi) is 2.84. The number of carbonyl (C=O) groups is 2. The Morgan fingerprint density at radius 1 is 1.19 bits per heavy atom. The van der Waals surface area contributed by atoms with E-state index in [0.717, 1.165) is 4.90 Å². The molecule has 0 spiro atoms. The molecule has 1 saturated heterocycles. The maximum atomic E-state index is 11.5. The number of rotatable bonds is 1. The van der Waals surface area contributed by atoms with Crippen molar-refractivity contribution >= 4 is 58.0 Å². The van der Waals surface area contributed by atoms with Gasteiger partial charge in [0.2, 0.25) is 0 Å². The molecule has 1 aromatic rings. The first-order valence-corrected chi connectivity index (χ1v) is 5.31. The molecule has 82 valence electrons. The van der Waals surface area contributed by atoms with Gasteiger partial charge < -0.3 is 0 Å². The summed E-state index contributed by atoms with van der Waals surface area (Å²) in [5, 5.41) is 2.93. The Labute approximate surface area is 106 Å².